The van der Waals surface area contributed by atoms with E-state index in [2.05, 4.69) is 46.5 Å². The van der Waals surface area contributed by atoms with E-state index in [9.17, 15) is 0 Å². The van der Waals surface area contributed by atoms with Crippen molar-refractivity contribution in [2.75, 3.05) is 46.4 Å². The number of aromatic nitrogens is 1. The number of morpholine rings is 1. The molecule has 0 saturated carbocycles. The first-order valence-electron chi connectivity index (χ1n) is 9.05. The molecule has 1 aliphatic rings. The van der Waals surface area contributed by atoms with E-state index in [1.54, 1.807) is 7.05 Å². The van der Waals surface area contributed by atoms with Crippen LogP contribution in [0.2, 0.25) is 0 Å². The number of guanidine groups is 1. The molecule has 7 nitrogen and oxygen atoms in total. The molecule has 1 saturated heterocycles. The van der Waals surface area contributed by atoms with Crippen molar-refractivity contribution in [2.45, 2.75) is 46.1 Å². The topological polar surface area (TPSA) is 74.9 Å². The van der Waals surface area contributed by atoms with E-state index in [4.69, 9.17) is 9.26 Å². The number of ether oxygens (including phenoxy) is 1. The average molecular weight is 351 g/mol. The van der Waals surface area contributed by atoms with Crippen molar-refractivity contribution in [2.24, 2.45) is 4.99 Å². The molecule has 1 aromatic rings. The quantitative estimate of drug-likeness (QED) is 0.600. The van der Waals surface area contributed by atoms with Crippen LogP contribution >= 0.6 is 0 Å². The fourth-order valence-corrected chi connectivity index (χ4v) is 3.35. The van der Waals surface area contributed by atoms with E-state index in [0.29, 0.717) is 5.92 Å². The maximum absolute atomic E-state index is 5.45. The Morgan fingerprint density at radius 2 is 1.96 bits per heavy atom. The summed E-state index contributed by atoms with van der Waals surface area (Å²) in [5.74, 6) is 2.01. The molecule has 7 heteroatoms. The third-order valence-corrected chi connectivity index (χ3v) is 4.94. The molecule has 0 radical (unpaired) electrons. The number of rotatable bonds is 6. The molecule has 1 aliphatic heterocycles. The maximum atomic E-state index is 5.45. The molecular formula is C18H33N5O2. The van der Waals surface area contributed by atoms with Gasteiger partial charge in [-0.15, -0.1) is 0 Å². The van der Waals surface area contributed by atoms with Crippen LogP contribution in [0.4, 0.5) is 0 Å². The summed E-state index contributed by atoms with van der Waals surface area (Å²) in [5, 5.41) is 10.9. The van der Waals surface area contributed by atoms with Crippen molar-refractivity contribution < 1.29 is 9.26 Å². The van der Waals surface area contributed by atoms with Crippen molar-refractivity contribution in [3.05, 3.63) is 17.0 Å². The molecule has 2 N–H and O–H groups in total. The number of aliphatic imine (C=N–C) groups is 1. The van der Waals surface area contributed by atoms with Crippen LogP contribution in [0.25, 0.3) is 0 Å². The highest BCUT2D eigenvalue weighted by molar-refractivity contribution is 5.79. The lowest BCUT2D eigenvalue weighted by Crippen LogP contribution is -2.56. The molecule has 25 heavy (non-hydrogen) atoms. The lowest BCUT2D eigenvalue weighted by Gasteiger charge is -2.41. The summed E-state index contributed by atoms with van der Waals surface area (Å²) in [6, 6.07) is 0. The van der Waals surface area contributed by atoms with Crippen molar-refractivity contribution >= 4 is 5.96 Å². The largest absolute Gasteiger partial charge is 0.379 e. The Morgan fingerprint density at radius 1 is 1.28 bits per heavy atom. The molecule has 0 bridgehead atoms. The molecule has 1 aromatic heterocycles. The van der Waals surface area contributed by atoms with Crippen LogP contribution in [-0.2, 0) is 4.74 Å². The summed E-state index contributed by atoms with van der Waals surface area (Å²) in [6.45, 7) is 15.8. The van der Waals surface area contributed by atoms with E-state index in [1.807, 2.05) is 13.8 Å². The summed E-state index contributed by atoms with van der Waals surface area (Å²) in [4.78, 5) is 6.81. The van der Waals surface area contributed by atoms with Gasteiger partial charge in [-0.3, -0.25) is 9.89 Å². The molecule has 2 rings (SSSR count). The van der Waals surface area contributed by atoms with Gasteiger partial charge >= 0.3 is 0 Å². The SMILES string of the molecule is CN=C(NCC(C)c1c(C)noc1C)NCC(C)(C)N1CCOCC1. The van der Waals surface area contributed by atoms with E-state index in [-0.39, 0.29) is 5.54 Å². The van der Waals surface area contributed by atoms with Gasteiger partial charge in [-0.25, -0.2) is 0 Å². The van der Waals surface area contributed by atoms with Crippen LogP contribution in [0.1, 0.15) is 43.7 Å². The molecule has 2 heterocycles. The highest BCUT2D eigenvalue weighted by Crippen LogP contribution is 2.22. The van der Waals surface area contributed by atoms with E-state index in [1.165, 1.54) is 5.56 Å². The highest BCUT2D eigenvalue weighted by atomic mass is 16.5. The van der Waals surface area contributed by atoms with Crippen molar-refractivity contribution in [3.63, 3.8) is 0 Å². The fourth-order valence-electron chi connectivity index (χ4n) is 3.35. The average Bonchev–Trinajstić information content (AvgIpc) is 2.94. The molecule has 0 spiro atoms. The number of nitrogens with one attached hydrogen (secondary N) is 2. The second-order valence-corrected chi connectivity index (χ2v) is 7.36. The molecule has 1 atom stereocenters. The first-order chi connectivity index (χ1) is 11.8. The summed E-state index contributed by atoms with van der Waals surface area (Å²) in [5.41, 5.74) is 2.19. The second kappa shape index (κ2) is 8.67. The van der Waals surface area contributed by atoms with E-state index < -0.39 is 0 Å². The van der Waals surface area contributed by atoms with Gasteiger partial charge in [0.25, 0.3) is 0 Å². The zero-order valence-corrected chi connectivity index (χ0v) is 16.5. The Bertz CT molecular complexity index is 557. The predicted molar refractivity (Wildman–Crippen MR) is 100 cm³/mol. The summed E-state index contributed by atoms with van der Waals surface area (Å²) < 4.78 is 10.7. The molecule has 0 amide bonds. The molecule has 1 unspecified atom stereocenters. The Morgan fingerprint density at radius 3 is 2.52 bits per heavy atom. The van der Waals surface area contributed by atoms with Gasteiger partial charge in [-0.1, -0.05) is 12.1 Å². The minimum absolute atomic E-state index is 0.0503. The van der Waals surface area contributed by atoms with Gasteiger partial charge in [0.2, 0.25) is 0 Å². The van der Waals surface area contributed by atoms with E-state index in [0.717, 1.165) is 56.8 Å². The predicted octanol–water partition coefficient (Wildman–Crippen LogP) is 1.67. The molecular weight excluding hydrogens is 318 g/mol. The van der Waals surface area contributed by atoms with Crippen LogP contribution in [0.3, 0.4) is 0 Å². The smallest absolute Gasteiger partial charge is 0.191 e. The Balaban J connectivity index is 1.84. The summed E-state index contributed by atoms with van der Waals surface area (Å²) in [7, 11) is 1.80. The number of hydrogen-bond donors (Lipinski definition) is 2. The Labute approximate surface area is 151 Å². The monoisotopic (exact) mass is 351 g/mol. The lowest BCUT2D eigenvalue weighted by molar-refractivity contribution is -0.00834. The van der Waals surface area contributed by atoms with Crippen LogP contribution < -0.4 is 10.6 Å². The van der Waals surface area contributed by atoms with Gasteiger partial charge in [0.05, 0.1) is 18.9 Å². The van der Waals surface area contributed by atoms with Gasteiger partial charge in [0.15, 0.2) is 5.96 Å². The summed E-state index contributed by atoms with van der Waals surface area (Å²) >= 11 is 0. The van der Waals surface area contributed by atoms with Crippen LogP contribution in [0.15, 0.2) is 9.52 Å². The van der Waals surface area contributed by atoms with Gasteiger partial charge < -0.3 is 19.9 Å². The maximum Gasteiger partial charge on any atom is 0.191 e. The van der Waals surface area contributed by atoms with Crippen LogP contribution in [0, 0.1) is 13.8 Å². The van der Waals surface area contributed by atoms with Gasteiger partial charge in [-0.05, 0) is 27.7 Å². The van der Waals surface area contributed by atoms with Crippen LogP contribution in [0.5, 0.6) is 0 Å². The fraction of sp³-hybridized carbons (Fsp3) is 0.778. The lowest BCUT2D eigenvalue weighted by atomic mass is 9.99. The van der Waals surface area contributed by atoms with Gasteiger partial charge in [-0.2, -0.15) is 0 Å². The van der Waals surface area contributed by atoms with Gasteiger partial charge in [0.1, 0.15) is 5.76 Å². The minimum atomic E-state index is 0.0503. The number of aryl methyl sites for hydroxylation is 2. The second-order valence-electron chi connectivity index (χ2n) is 7.36. The highest BCUT2D eigenvalue weighted by Gasteiger charge is 2.28. The normalized spacial score (nSPS) is 18.2. The molecule has 142 valence electrons. The third-order valence-electron chi connectivity index (χ3n) is 4.94. The Kier molecular flexibility index (Phi) is 6.84. The van der Waals surface area contributed by atoms with Crippen molar-refractivity contribution in [1.82, 2.24) is 20.7 Å². The van der Waals surface area contributed by atoms with Crippen molar-refractivity contribution in [3.8, 4) is 0 Å². The molecule has 0 aliphatic carbocycles. The minimum Gasteiger partial charge on any atom is -0.379 e. The van der Waals surface area contributed by atoms with E-state index >= 15 is 0 Å². The first-order valence-corrected chi connectivity index (χ1v) is 9.05. The number of nitrogens with zero attached hydrogens (tertiary/aromatic N) is 3. The zero-order chi connectivity index (χ0) is 18.4. The summed E-state index contributed by atoms with van der Waals surface area (Å²) in [6.07, 6.45) is 0. The van der Waals surface area contributed by atoms with Gasteiger partial charge in [0, 0.05) is 50.2 Å². The van der Waals surface area contributed by atoms with Crippen molar-refractivity contribution in [1.29, 1.82) is 0 Å². The first kappa shape index (κ1) is 19.7. The zero-order valence-electron chi connectivity index (χ0n) is 16.5. The molecule has 0 aromatic carbocycles. The van der Waals surface area contributed by atoms with Crippen LogP contribution in [-0.4, -0.2) is 68.0 Å². The Hall–Kier alpha value is -1.60. The number of hydrogen-bond acceptors (Lipinski definition) is 5. The standard InChI is InChI=1S/C18H33N5O2/c1-13(16-14(2)22-25-15(16)3)11-20-17(19-6)21-12-18(4,5)23-7-9-24-10-8-23/h13H,7-12H2,1-6H3,(H2,19,20,21). The third kappa shape index (κ3) is 5.19. The molecule has 1 fully saturated rings.